The number of piperidine rings is 1. The molecule has 2 fully saturated rings. The highest BCUT2D eigenvalue weighted by atomic mass is 32.2. The zero-order valence-electron chi connectivity index (χ0n) is 26.3. The Kier molecular flexibility index (Phi) is 10.2. The van der Waals surface area contributed by atoms with E-state index in [9.17, 15) is 62.6 Å². The summed E-state index contributed by atoms with van der Waals surface area (Å²) in [6.07, 6.45) is -13.1. The van der Waals surface area contributed by atoms with Gasteiger partial charge in [-0.1, -0.05) is 30.3 Å². The number of sulfone groups is 1. The van der Waals surface area contributed by atoms with Crippen LogP contribution in [-0.4, -0.2) is 73.9 Å². The van der Waals surface area contributed by atoms with Gasteiger partial charge in [0.15, 0.2) is 9.84 Å². The highest BCUT2D eigenvalue weighted by Crippen LogP contribution is 2.54. The molecule has 3 aromatic carbocycles. The topological polar surface area (TPSA) is 104 Å². The molecular formula is C33H29F9N2O6S. The zero-order chi connectivity index (χ0) is 37.6. The van der Waals surface area contributed by atoms with E-state index in [4.69, 9.17) is 0 Å². The van der Waals surface area contributed by atoms with Crippen LogP contribution in [0.1, 0.15) is 36.0 Å². The van der Waals surface area contributed by atoms with Gasteiger partial charge in [0.1, 0.15) is 22.2 Å². The molecule has 0 radical (unpaired) electrons. The molecule has 2 saturated heterocycles. The van der Waals surface area contributed by atoms with Crippen LogP contribution in [0.4, 0.5) is 44.3 Å². The van der Waals surface area contributed by atoms with E-state index in [2.05, 4.69) is 4.74 Å². The Morgan fingerprint density at radius 3 is 1.84 bits per heavy atom. The van der Waals surface area contributed by atoms with Crippen molar-refractivity contribution in [3.8, 4) is 0 Å². The van der Waals surface area contributed by atoms with Crippen LogP contribution in [0.5, 0.6) is 0 Å². The average Bonchev–Trinajstić information content (AvgIpc) is 3.56. The van der Waals surface area contributed by atoms with Gasteiger partial charge in [0.05, 0.1) is 17.4 Å². The number of carboxylic acid groups (broad SMARTS) is 1. The quantitative estimate of drug-likeness (QED) is 0.198. The lowest BCUT2D eigenvalue weighted by atomic mass is 9.85. The molecule has 5 rings (SSSR count). The maximum atomic E-state index is 14.5. The lowest BCUT2D eigenvalue weighted by Crippen LogP contribution is -2.56. The zero-order valence-corrected chi connectivity index (χ0v) is 27.1. The van der Waals surface area contributed by atoms with Crippen LogP contribution in [0.3, 0.4) is 0 Å². The summed E-state index contributed by atoms with van der Waals surface area (Å²) in [4.78, 5) is 26.7. The van der Waals surface area contributed by atoms with E-state index in [1.807, 2.05) is 0 Å². The monoisotopic (exact) mass is 752 g/mol. The summed E-state index contributed by atoms with van der Waals surface area (Å²) in [5.74, 6) is -5.59. The van der Waals surface area contributed by atoms with E-state index in [0.717, 1.165) is 42.5 Å². The van der Waals surface area contributed by atoms with Crippen LogP contribution in [0.2, 0.25) is 0 Å². The van der Waals surface area contributed by atoms with Crippen molar-refractivity contribution in [2.75, 3.05) is 26.2 Å². The largest absolute Gasteiger partial charge is 0.481 e. The number of aliphatic carboxylic acids is 1. The van der Waals surface area contributed by atoms with Crippen molar-refractivity contribution < 1.29 is 67.4 Å². The fourth-order valence-corrected chi connectivity index (χ4v) is 8.65. The molecule has 0 unspecified atom stereocenters. The average molecular weight is 753 g/mol. The van der Waals surface area contributed by atoms with Gasteiger partial charge < -0.3 is 19.6 Å². The predicted molar refractivity (Wildman–Crippen MR) is 160 cm³/mol. The number of carboxylic acids is 1. The molecule has 8 nitrogen and oxygen atoms in total. The van der Waals surface area contributed by atoms with Gasteiger partial charge in [0, 0.05) is 37.3 Å². The van der Waals surface area contributed by atoms with Gasteiger partial charge in [-0.05, 0) is 61.2 Å². The van der Waals surface area contributed by atoms with Gasteiger partial charge in [0.2, 0.25) is 0 Å². The molecule has 1 atom stereocenters. The molecule has 0 aromatic heterocycles. The second-order valence-corrected chi connectivity index (χ2v) is 14.5. The molecule has 2 aliphatic rings. The lowest BCUT2D eigenvalue weighted by Gasteiger charge is -2.43. The summed E-state index contributed by atoms with van der Waals surface area (Å²) in [6, 6.07) is 7.33. The first-order chi connectivity index (χ1) is 23.7. The van der Waals surface area contributed by atoms with Crippen LogP contribution >= 0.6 is 0 Å². The Bertz CT molecular complexity index is 1840. The molecule has 51 heavy (non-hydrogen) atoms. The summed E-state index contributed by atoms with van der Waals surface area (Å²) >= 11 is 0. The van der Waals surface area contributed by atoms with Gasteiger partial charge in [-0.25, -0.2) is 26.4 Å². The maximum absolute atomic E-state index is 14.5. The van der Waals surface area contributed by atoms with Gasteiger partial charge in [-0.3, -0.25) is 4.79 Å². The maximum Gasteiger partial charge on any atom is 0.430 e. The third-order valence-electron chi connectivity index (χ3n) is 9.40. The summed E-state index contributed by atoms with van der Waals surface area (Å²) in [5.41, 5.74) is -8.12. The second-order valence-electron chi connectivity index (χ2n) is 12.2. The normalized spacial score (nSPS) is 18.6. The number of ether oxygens (including phenoxy) is 1. The van der Waals surface area contributed by atoms with Crippen molar-refractivity contribution in [1.29, 1.82) is 0 Å². The van der Waals surface area contributed by atoms with E-state index in [1.165, 1.54) is 9.80 Å². The van der Waals surface area contributed by atoms with Crippen molar-refractivity contribution in [2.45, 2.75) is 53.5 Å². The second kappa shape index (κ2) is 13.7. The predicted octanol–water partition coefficient (Wildman–Crippen LogP) is 6.93. The van der Waals surface area contributed by atoms with Crippen LogP contribution < -0.4 is 0 Å². The van der Waals surface area contributed by atoms with Gasteiger partial charge in [-0.2, -0.15) is 26.3 Å². The van der Waals surface area contributed by atoms with Crippen molar-refractivity contribution in [2.24, 2.45) is 5.92 Å². The number of carbonyl (C=O) groups excluding carboxylic acids is 1. The first-order valence-corrected chi connectivity index (χ1v) is 16.8. The molecule has 0 bridgehead atoms. The van der Waals surface area contributed by atoms with Crippen molar-refractivity contribution in [3.05, 3.63) is 101 Å². The number of carbonyl (C=O) groups is 2. The number of urea groups is 1. The number of benzene rings is 3. The molecular weight excluding hydrogens is 723 g/mol. The van der Waals surface area contributed by atoms with E-state index in [-0.39, 0.29) is 38.2 Å². The number of halogens is 9. The molecule has 1 N–H and O–H groups in total. The van der Waals surface area contributed by atoms with E-state index >= 15 is 0 Å². The summed E-state index contributed by atoms with van der Waals surface area (Å²) in [5, 5.41) is 9.29. The molecule has 0 aliphatic carbocycles. The van der Waals surface area contributed by atoms with Crippen LogP contribution in [0, 0.1) is 23.4 Å². The number of alkyl halides is 6. The number of hydrogen-bond acceptors (Lipinski definition) is 5. The Morgan fingerprint density at radius 1 is 0.804 bits per heavy atom. The Labute approximate surface area is 285 Å². The third-order valence-corrected chi connectivity index (χ3v) is 12.0. The van der Waals surface area contributed by atoms with E-state index < -0.39 is 103 Å². The highest BCUT2D eigenvalue weighted by molar-refractivity contribution is 7.92. The third kappa shape index (κ3) is 6.74. The first kappa shape index (κ1) is 37.9. The summed E-state index contributed by atoms with van der Waals surface area (Å²) in [7, 11) is -4.60. The van der Waals surface area contributed by atoms with Gasteiger partial charge >= 0.3 is 24.4 Å². The molecule has 2 aliphatic heterocycles. The Hall–Kier alpha value is -4.32. The van der Waals surface area contributed by atoms with Crippen molar-refractivity contribution in [3.63, 3.8) is 0 Å². The summed E-state index contributed by atoms with van der Waals surface area (Å²) in [6.45, 7) is -2.27. The Balaban J connectivity index is 1.54. The van der Waals surface area contributed by atoms with Crippen LogP contribution in [0.25, 0.3) is 0 Å². The van der Waals surface area contributed by atoms with E-state index in [1.54, 1.807) is 0 Å². The van der Waals surface area contributed by atoms with E-state index in [0.29, 0.717) is 24.3 Å². The standard InChI is InChI=1S/C33H29F9N2O6S/c34-23-8-10-24(11-9-23)51(48,49)30(13-16-43(17-14-30)29(47)44-15-12-20(18-44)28(45)46)21-4-6-22(7-5-21)31(32(37,38)39,33(40,41)42)50-19-25-26(35)2-1-3-27(25)36/h1-11,20H,12-19H2,(H,45,46)/t20-/m1/s1. The minimum absolute atomic E-state index is 0.0864. The van der Waals surface area contributed by atoms with Gasteiger partial charge in [0.25, 0.3) is 5.60 Å². The number of hydrogen-bond donors (Lipinski definition) is 1. The van der Waals surface area contributed by atoms with Crippen molar-refractivity contribution >= 4 is 21.8 Å². The number of rotatable bonds is 8. The molecule has 276 valence electrons. The fraction of sp³-hybridized carbons (Fsp3) is 0.394. The molecule has 2 heterocycles. The summed E-state index contributed by atoms with van der Waals surface area (Å²) < 4.78 is 160. The lowest BCUT2D eigenvalue weighted by molar-refractivity contribution is -0.392. The molecule has 3 aromatic rings. The molecule has 0 spiro atoms. The Morgan fingerprint density at radius 2 is 1.35 bits per heavy atom. The molecule has 2 amide bonds. The number of amides is 2. The smallest absolute Gasteiger partial charge is 0.430 e. The number of likely N-dealkylation sites (tertiary alicyclic amines) is 2. The number of nitrogens with zero attached hydrogens (tertiary/aromatic N) is 2. The minimum atomic E-state index is -6.24. The highest BCUT2D eigenvalue weighted by Gasteiger charge is 2.73. The van der Waals surface area contributed by atoms with Crippen molar-refractivity contribution in [1.82, 2.24) is 9.80 Å². The minimum Gasteiger partial charge on any atom is -0.481 e. The first-order valence-electron chi connectivity index (χ1n) is 15.3. The van der Waals surface area contributed by atoms with Gasteiger partial charge in [-0.15, -0.1) is 0 Å². The SMILES string of the molecule is O=C(O)[C@@H]1CCN(C(=O)N2CCC(c3ccc(C(OCc4c(F)cccc4F)(C(F)(F)F)C(F)(F)F)cc3)(S(=O)(=O)c3ccc(F)cc3)CC2)C1. The molecule has 0 saturated carbocycles. The molecule has 18 heteroatoms. The fourth-order valence-electron chi connectivity index (χ4n) is 6.54. The van der Waals surface area contributed by atoms with Crippen LogP contribution in [0.15, 0.2) is 71.6 Å². The van der Waals surface area contributed by atoms with Crippen LogP contribution in [-0.2, 0) is 36.3 Å².